The minimum Gasteiger partial charge on any atom is -0.466 e. The molecule has 2 aromatic rings. The van der Waals surface area contributed by atoms with E-state index in [1.807, 2.05) is 32.2 Å². The first kappa shape index (κ1) is 21.0. The summed E-state index contributed by atoms with van der Waals surface area (Å²) >= 11 is 7.91. The number of nitrogens with one attached hydrogen (secondary N) is 1. The van der Waals surface area contributed by atoms with Gasteiger partial charge >= 0.3 is 5.97 Å². The molecule has 0 aliphatic carbocycles. The highest BCUT2D eigenvalue weighted by Crippen LogP contribution is 2.42. The highest BCUT2D eigenvalue weighted by atomic mass is 35.5. The number of carbonyl (C=O) groups excluding carboxylic acids is 1. The van der Waals surface area contributed by atoms with Gasteiger partial charge in [0.15, 0.2) is 5.75 Å². The number of carbonyl (C=O) groups is 1. The fraction of sp³-hybridized carbons (Fsp3) is 0.476. The quantitative estimate of drug-likeness (QED) is 0.436. The SMILES string of the molecule is CCOC(=O)CCCCCCNC1c2ccc(Cl)cc2ON(C)c2ccsc21. The van der Waals surface area contributed by atoms with Crippen molar-refractivity contribution in [2.24, 2.45) is 0 Å². The molecule has 0 radical (unpaired) electrons. The molecule has 1 aliphatic rings. The van der Waals surface area contributed by atoms with Crippen LogP contribution in [0.3, 0.4) is 0 Å². The lowest BCUT2D eigenvalue weighted by molar-refractivity contribution is -0.143. The van der Waals surface area contributed by atoms with Crippen LogP contribution in [0.1, 0.15) is 55.5 Å². The molecule has 0 amide bonds. The van der Waals surface area contributed by atoms with Gasteiger partial charge in [-0.2, -0.15) is 0 Å². The Balaban J connectivity index is 1.57. The van der Waals surface area contributed by atoms with E-state index >= 15 is 0 Å². The van der Waals surface area contributed by atoms with Crippen molar-refractivity contribution in [1.82, 2.24) is 5.32 Å². The minimum atomic E-state index is -0.0938. The van der Waals surface area contributed by atoms with Gasteiger partial charge in [0.2, 0.25) is 0 Å². The zero-order chi connectivity index (χ0) is 19.9. The number of ether oxygens (including phenoxy) is 1. The molecule has 1 N–H and O–H groups in total. The maximum Gasteiger partial charge on any atom is 0.305 e. The second-order valence-corrected chi connectivity index (χ2v) is 8.18. The topological polar surface area (TPSA) is 50.8 Å². The monoisotopic (exact) mass is 422 g/mol. The molecule has 0 spiro atoms. The molecule has 5 nitrogen and oxygen atoms in total. The van der Waals surface area contributed by atoms with Crippen LogP contribution in [0.5, 0.6) is 5.75 Å². The van der Waals surface area contributed by atoms with Crippen LogP contribution in [0.15, 0.2) is 29.6 Å². The Morgan fingerprint density at radius 3 is 2.93 bits per heavy atom. The molecule has 1 aromatic heterocycles. The normalized spacial score (nSPS) is 15.4. The first-order valence-electron chi connectivity index (χ1n) is 9.77. The number of hydrogen-bond acceptors (Lipinski definition) is 6. The Bertz CT molecular complexity index is 796. The lowest BCUT2D eigenvalue weighted by atomic mass is 10.0. The van der Waals surface area contributed by atoms with E-state index in [-0.39, 0.29) is 12.0 Å². The molecule has 28 heavy (non-hydrogen) atoms. The van der Waals surface area contributed by atoms with Gasteiger partial charge in [-0.3, -0.25) is 4.79 Å². The number of unbranched alkanes of at least 4 members (excludes halogenated alkanes) is 3. The number of esters is 1. The molecular formula is C21H27ClN2O3S. The van der Waals surface area contributed by atoms with Crippen molar-refractivity contribution in [3.05, 3.63) is 45.1 Å². The molecule has 0 saturated heterocycles. The second kappa shape index (κ2) is 10.1. The average molecular weight is 423 g/mol. The summed E-state index contributed by atoms with van der Waals surface area (Å²) < 4.78 is 4.96. The molecule has 1 aromatic carbocycles. The molecule has 0 saturated carbocycles. The molecule has 0 bridgehead atoms. The molecule has 1 aliphatic heterocycles. The third-order valence-electron chi connectivity index (χ3n) is 4.76. The lowest BCUT2D eigenvalue weighted by Gasteiger charge is -2.18. The van der Waals surface area contributed by atoms with Crippen LogP contribution in [0.2, 0.25) is 5.02 Å². The van der Waals surface area contributed by atoms with Crippen LogP contribution in [-0.4, -0.2) is 26.2 Å². The van der Waals surface area contributed by atoms with Gasteiger partial charge in [-0.1, -0.05) is 30.5 Å². The fourth-order valence-corrected chi connectivity index (χ4v) is 4.55. The number of halogens is 1. The summed E-state index contributed by atoms with van der Waals surface area (Å²) in [6.45, 7) is 3.19. The van der Waals surface area contributed by atoms with Gasteiger partial charge in [0.1, 0.15) is 0 Å². The molecule has 1 unspecified atom stereocenters. The number of fused-ring (bicyclic) bond motifs is 2. The number of hydrogen-bond donors (Lipinski definition) is 1. The van der Waals surface area contributed by atoms with E-state index in [0.717, 1.165) is 49.2 Å². The van der Waals surface area contributed by atoms with Gasteiger partial charge < -0.3 is 14.9 Å². The maximum absolute atomic E-state index is 11.4. The summed E-state index contributed by atoms with van der Waals surface area (Å²) in [6, 6.07) is 7.97. The Hall–Kier alpha value is -1.76. The summed E-state index contributed by atoms with van der Waals surface area (Å²) in [6.07, 6.45) is 4.57. The Morgan fingerprint density at radius 1 is 1.29 bits per heavy atom. The Kier molecular flexibility index (Phi) is 7.59. The number of nitrogens with zero attached hydrogens (tertiary/aromatic N) is 1. The van der Waals surface area contributed by atoms with Crippen molar-refractivity contribution in [2.75, 3.05) is 25.3 Å². The van der Waals surface area contributed by atoms with Crippen LogP contribution in [0.25, 0.3) is 0 Å². The number of anilines is 1. The van der Waals surface area contributed by atoms with E-state index in [9.17, 15) is 4.79 Å². The molecule has 7 heteroatoms. The van der Waals surface area contributed by atoms with E-state index in [2.05, 4.69) is 16.8 Å². The van der Waals surface area contributed by atoms with Crippen molar-refractivity contribution < 1.29 is 14.4 Å². The van der Waals surface area contributed by atoms with Crippen molar-refractivity contribution in [3.63, 3.8) is 0 Å². The van der Waals surface area contributed by atoms with Gasteiger partial charge in [-0.05, 0) is 43.8 Å². The van der Waals surface area contributed by atoms with Gasteiger partial charge in [-0.25, -0.2) is 5.06 Å². The van der Waals surface area contributed by atoms with Crippen LogP contribution in [0.4, 0.5) is 5.69 Å². The van der Waals surface area contributed by atoms with Crippen molar-refractivity contribution in [3.8, 4) is 5.75 Å². The molecule has 3 rings (SSSR count). The van der Waals surface area contributed by atoms with Gasteiger partial charge in [0.25, 0.3) is 0 Å². The summed E-state index contributed by atoms with van der Waals surface area (Å²) in [4.78, 5) is 18.6. The highest BCUT2D eigenvalue weighted by molar-refractivity contribution is 7.10. The summed E-state index contributed by atoms with van der Waals surface area (Å²) in [5, 5.41) is 8.25. The number of benzene rings is 1. The zero-order valence-corrected chi connectivity index (χ0v) is 17.9. The predicted molar refractivity (Wildman–Crippen MR) is 114 cm³/mol. The first-order valence-corrected chi connectivity index (χ1v) is 11.0. The number of hydroxylamine groups is 1. The third kappa shape index (κ3) is 5.19. The van der Waals surface area contributed by atoms with E-state index in [4.69, 9.17) is 21.2 Å². The van der Waals surface area contributed by atoms with Crippen molar-refractivity contribution >= 4 is 34.6 Å². The third-order valence-corrected chi connectivity index (χ3v) is 5.96. The molecule has 152 valence electrons. The first-order chi connectivity index (χ1) is 13.6. The maximum atomic E-state index is 11.4. The number of rotatable bonds is 9. The van der Waals surface area contributed by atoms with Crippen molar-refractivity contribution in [2.45, 2.75) is 45.1 Å². The lowest BCUT2D eigenvalue weighted by Crippen LogP contribution is -2.23. The fourth-order valence-electron chi connectivity index (χ4n) is 3.38. The van der Waals surface area contributed by atoms with E-state index < -0.39 is 0 Å². The Labute approximate surface area is 175 Å². The minimum absolute atomic E-state index is 0.0757. The highest BCUT2D eigenvalue weighted by Gasteiger charge is 2.28. The van der Waals surface area contributed by atoms with Crippen LogP contribution in [0, 0.1) is 0 Å². The van der Waals surface area contributed by atoms with Crippen LogP contribution < -0.4 is 15.2 Å². The standard InChI is InChI=1S/C21H27ClN2O3S/c1-3-26-19(25)8-6-4-5-7-12-23-20-16-10-9-15(22)14-18(16)27-24(2)17-11-13-28-21(17)20/h9-11,13-14,20,23H,3-8,12H2,1-2H3. The Morgan fingerprint density at radius 2 is 2.11 bits per heavy atom. The van der Waals surface area contributed by atoms with Gasteiger partial charge in [-0.15, -0.1) is 11.3 Å². The van der Waals surface area contributed by atoms with Crippen LogP contribution in [-0.2, 0) is 9.53 Å². The van der Waals surface area contributed by atoms with E-state index in [1.54, 1.807) is 16.4 Å². The zero-order valence-electron chi connectivity index (χ0n) is 16.4. The second-order valence-electron chi connectivity index (χ2n) is 6.80. The smallest absolute Gasteiger partial charge is 0.305 e. The average Bonchev–Trinajstić information content (AvgIpc) is 3.11. The largest absolute Gasteiger partial charge is 0.466 e. The summed E-state index contributed by atoms with van der Waals surface area (Å²) in [5.41, 5.74) is 2.17. The van der Waals surface area contributed by atoms with Gasteiger partial charge in [0, 0.05) is 30.1 Å². The molecular weight excluding hydrogens is 396 g/mol. The molecule has 0 fully saturated rings. The van der Waals surface area contributed by atoms with Gasteiger partial charge in [0.05, 0.1) is 23.2 Å². The number of thiophene rings is 1. The molecule has 2 heterocycles. The summed E-state index contributed by atoms with van der Waals surface area (Å²) in [7, 11) is 1.92. The van der Waals surface area contributed by atoms with E-state index in [1.165, 1.54) is 4.88 Å². The summed E-state index contributed by atoms with van der Waals surface area (Å²) in [5.74, 6) is 0.689. The van der Waals surface area contributed by atoms with Crippen molar-refractivity contribution in [1.29, 1.82) is 0 Å². The molecule has 1 atom stereocenters. The van der Waals surface area contributed by atoms with E-state index in [0.29, 0.717) is 18.1 Å². The predicted octanol–water partition coefficient (Wildman–Crippen LogP) is 5.34. The van der Waals surface area contributed by atoms with Crippen LogP contribution >= 0.6 is 22.9 Å².